The first-order valence-electron chi connectivity index (χ1n) is 5.53. The summed E-state index contributed by atoms with van der Waals surface area (Å²) in [5.41, 5.74) is 5.51. The zero-order valence-electron chi connectivity index (χ0n) is 9.79. The minimum Gasteiger partial charge on any atom is -0.330 e. The van der Waals surface area contributed by atoms with E-state index in [1.807, 2.05) is 30.0 Å². The maximum Gasteiger partial charge on any atom is 0.0542 e. The van der Waals surface area contributed by atoms with E-state index in [4.69, 9.17) is 28.9 Å². The molecular formula is C12H17Cl2NS2. The van der Waals surface area contributed by atoms with Crippen molar-refractivity contribution in [3.8, 4) is 0 Å². The molecule has 1 atom stereocenters. The molecule has 1 aromatic rings. The van der Waals surface area contributed by atoms with Gasteiger partial charge >= 0.3 is 0 Å². The molecule has 0 radical (unpaired) electrons. The maximum atomic E-state index is 6.08. The number of halogens is 2. The van der Waals surface area contributed by atoms with Gasteiger partial charge in [0.15, 0.2) is 0 Å². The van der Waals surface area contributed by atoms with Crippen LogP contribution in [0.5, 0.6) is 0 Å². The Hall–Kier alpha value is 0.460. The number of thioether (sulfide) groups is 2. The van der Waals surface area contributed by atoms with Gasteiger partial charge in [-0.15, -0.1) is 11.8 Å². The lowest BCUT2D eigenvalue weighted by Gasteiger charge is -2.09. The Labute approximate surface area is 122 Å². The molecule has 1 rings (SSSR count). The van der Waals surface area contributed by atoms with Crippen LogP contribution in [0.2, 0.25) is 10.0 Å². The summed E-state index contributed by atoms with van der Waals surface area (Å²) in [6.45, 7) is 2.98. The lowest BCUT2D eigenvalue weighted by molar-refractivity contribution is 0.823. The number of benzene rings is 1. The Morgan fingerprint density at radius 3 is 2.76 bits per heavy atom. The van der Waals surface area contributed by atoms with Crippen molar-refractivity contribution < 1.29 is 0 Å². The highest BCUT2D eigenvalue weighted by Crippen LogP contribution is 2.30. The van der Waals surface area contributed by atoms with Gasteiger partial charge in [-0.25, -0.2) is 0 Å². The molecule has 0 aliphatic carbocycles. The van der Waals surface area contributed by atoms with Crippen molar-refractivity contribution in [3.63, 3.8) is 0 Å². The molecule has 1 nitrogen and oxygen atoms in total. The standard InChI is InChI=1S/C12H17Cl2NS2/c1-9(4-5-15)16-6-7-17-12-8-10(13)2-3-11(12)14/h2-3,8-9H,4-7,15H2,1H3. The van der Waals surface area contributed by atoms with E-state index < -0.39 is 0 Å². The minimum absolute atomic E-state index is 0.635. The predicted molar refractivity (Wildman–Crippen MR) is 82.8 cm³/mol. The van der Waals surface area contributed by atoms with Crippen molar-refractivity contribution in [1.29, 1.82) is 0 Å². The molecule has 5 heteroatoms. The molecule has 1 aromatic carbocycles. The Morgan fingerprint density at radius 2 is 2.06 bits per heavy atom. The highest BCUT2D eigenvalue weighted by Gasteiger charge is 2.04. The first-order chi connectivity index (χ1) is 8.13. The van der Waals surface area contributed by atoms with Gasteiger partial charge in [0.2, 0.25) is 0 Å². The topological polar surface area (TPSA) is 26.0 Å². The van der Waals surface area contributed by atoms with Crippen LogP contribution >= 0.6 is 46.7 Å². The minimum atomic E-state index is 0.635. The third kappa shape index (κ3) is 6.25. The zero-order valence-corrected chi connectivity index (χ0v) is 12.9. The molecule has 0 spiro atoms. The molecule has 0 saturated heterocycles. The molecule has 96 valence electrons. The van der Waals surface area contributed by atoms with Crippen LogP contribution in [-0.4, -0.2) is 23.3 Å². The molecule has 0 bridgehead atoms. The van der Waals surface area contributed by atoms with Gasteiger partial charge in [-0.05, 0) is 31.2 Å². The van der Waals surface area contributed by atoms with Crippen molar-refractivity contribution >= 4 is 46.7 Å². The van der Waals surface area contributed by atoms with Crippen LogP contribution in [0, 0.1) is 0 Å². The molecule has 0 saturated carbocycles. The summed E-state index contributed by atoms with van der Waals surface area (Å²) in [5.74, 6) is 2.15. The van der Waals surface area contributed by atoms with Gasteiger partial charge in [0.1, 0.15) is 0 Å². The first-order valence-corrected chi connectivity index (χ1v) is 8.32. The Bertz CT molecular complexity index is 347. The largest absolute Gasteiger partial charge is 0.330 e. The zero-order chi connectivity index (χ0) is 12.7. The summed E-state index contributed by atoms with van der Waals surface area (Å²) in [6.07, 6.45) is 1.08. The van der Waals surface area contributed by atoms with Gasteiger partial charge < -0.3 is 5.73 Å². The van der Waals surface area contributed by atoms with Crippen molar-refractivity contribution in [1.82, 2.24) is 0 Å². The van der Waals surface area contributed by atoms with Crippen LogP contribution < -0.4 is 5.73 Å². The Kier molecular flexibility index (Phi) is 7.80. The smallest absolute Gasteiger partial charge is 0.0542 e. The fraction of sp³-hybridized carbons (Fsp3) is 0.500. The van der Waals surface area contributed by atoms with Crippen LogP contribution in [0.4, 0.5) is 0 Å². The lowest BCUT2D eigenvalue weighted by atomic mass is 10.3. The van der Waals surface area contributed by atoms with Crippen molar-refractivity contribution in [2.45, 2.75) is 23.5 Å². The predicted octanol–water partition coefficient (Wildman–Crippen LogP) is 4.56. The normalized spacial score (nSPS) is 12.7. The summed E-state index contributed by atoms with van der Waals surface area (Å²) in [5, 5.41) is 2.15. The number of rotatable bonds is 7. The second-order valence-corrected chi connectivity index (χ2v) is 7.21. The van der Waals surface area contributed by atoms with E-state index in [9.17, 15) is 0 Å². The Balaban J connectivity index is 2.28. The summed E-state index contributed by atoms with van der Waals surface area (Å²) < 4.78 is 0. The summed E-state index contributed by atoms with van der Waals surface area (Å²) in [6, 6.07) is 5.57. The van der Waals surface area contributed by atoms with Crippen LogP contribution in [-0.2, 0) is 0 Å². The van der Waals surface area contributed by atoms with Crippen LogP contribution in [0.15, 0.2) is 23.1 Å². The number of nitrogens with two attached hydrogens (primary N) is 1. The highest BCUT2D eigenvalue weighted by atomic mass is 35.5. The van der Waals surface area contributed by atoms with Crippen LogP contribution in [0.1, 0.15) is 13.3 Å². The quantitative estimate of drug-likeness (QED) is 0.591. The molecule has 0 aliphatic rings. The molecule has 0 heterocycles. The first kappa shape index (κ1) is 15.5. The third-order valence-corrected chi connectivity index (χ3v) is 5.45. The summed E-state index contributed by atoms with van der Waals surface area (Å²) in [4.78, 5) is 1.06. The summed E-state index contributed by atoms with van der Waals surface area (Å²) in [7, 11) is 0. The third-order valence-electron chi connectivity index (χ3n) is 2.21. The maximum absolute atomic E-state index is 6.08. The van der Waals surface area contributed by atoms with Gasteiger partial charge in [-0.1, -0.05) is 30.1 Å². The van der Waals surface area contributed by atoms with Crippen molar-refractivity contribution in [2.75, 3.05) is 18.1 Å². The van der Waals surface area contributed by atoms with E-state index in [1.165, 1.54) is 0 Å². The second-order valence-electron chi connectivity index (χ2n) is 3.68. The van der Waals surface area contributed by atoms with Gasteiger partial charge in [-0.3, -0.25) is 0 Å². The van der Waals surface area contributed by atoms with E-state index in [0.29, 0.717) is 5.25 Å². The Morgan fingerprint density at radius 1 is 1.29 bits per heavy atom. The molecule has 17 heavy (non-hydrogen) atoms. The number of hydrogen-bond donors (Lipinski definition) is 1. The van der Waals surface area contributed by atoms with Crippen molar-refractivity contribution in [2.24, 2.45) is 5.73 Å². The average molecular weight is 310 g/mol. The molecule has 0 amide bonds. The van der Waals surface area contributed by atoms with Gasteiger partial charge in [0.25, 0.3) is 0 Å². The van der Waals surface area contributed by atoms with Crippen molar-refractivity contribution in [3.05, 3.63) is 28.2 Å². The van der Waals surface area contributed by atoms with E-state index in [2.05, 4.69) is 6.92 Å². The molecule has 0 fully saturated rings. The SMILES string of the molecule is CC(CCN)SCCSc1cc(Cl)ccc1Cl. The van der Waals surface area contributed by atoms with Gasteiger partial charge in [0.05, 0.1) is 5.02 Å². The van der Waals surface area contributed by atoms with Crippen LogP contribution in [0.3, 0.4) is 0 Å². The van der Waals surface area contributed by atoms with E-state index in [-0.39, 0.29) is 0 Å². The molecule has 2 N–H and O–H groups in total. The summed E-state index contributed by atoms with van der Waals surface area (Å²) >= 11 is 15.7. The number of hydrogen-bond acceptors (Lipinski definition) is 3. The molecule has 0 aliphatic heterocycles. The van der Waals surface area contributed by atoms with Crippen LogP contribution in [0.25, 0.3) is 0 Å². The molecule has 1 unspecified atom stereocenters. The van der Waals surface area contributed by atoms with Gasteiger partial charge in [0, 0.05) is 26.7 Å². The highest BCUT2D eigenvalue weighted by molar-refractivity contribution is 8.03. The fourth-order valence-corrected chi connectivity index (χ4v) is 3.88. The average Bonchev–Trinajstić information content (AvgIpc) is 2.29. The fourth-order valence-electron chi connectivity index (χ4n) is 1.31. The van der Waals surface area contributed by atoms with E-state index >= 15 is 0 Å². The van der Waals surface area contributed by atoms with Gasteiger partial charge in [-0.2, -0.15) is 11.8 Å². The van der Waals surface area contributed by atoms with E-state index in [1.54, 1.807) is 11.8 Å². The second kappa shape index (κ2) is 8.54. The molecule has 0 aromatic heterocycles. The lowest BCUT2D eigenvalue weighted by Crippen LogP contribution is -2.07. The monoisotopic (exact) mass is 309 g/mol. The molecular weight excluding hydrogens is 293 g/mol. The van der Waals surface area contributed by atoms with E-state index in [0.717, 1.165) is 39.4 Å².